The van der Waals surface area contributed by atoms with Crippen molar-refractivity contribution in [3.8, 4) is 0 Å². The van der Waals surface area contributed by atoms with Crippen molar-refractivity contribution >= 4 is 28.7 Å². The number of rotatable bonds is 5. The van der Waals surface area contributed by atoms with Crippen molar-refractivity contribution in [2.24, 2.45) is 10.2 Å². The van der Waals surface area contributed by atoms with Gasteiger partial charge in [0.1, 0.15) is 5.71 Å². The number of nitrogens with one attached hydrogen (secondary N) is 3. The Hall–Kier alpha value is -3.93. The second-order valence-corrected chi connectivity index (χ2v) is 6.15. The Balaban J connectivity index is 1.67. The lowest BCUT2D eigenvalue weighted by Crippen LogP contribution is -2.19. The minimum atomic E-state index is -0.499. The molecule has 1 saturated heterocycles. The Morgan fingerprint density at radius 1 is 0.679 bits per heavy atom. The summed E-state index contributed by atoms with van der Waals surface area (Å²) in [5.41, 5.74) is 9.49. The fourth-order valence-electron chi connectivity index (χ4n) is 2.81. The number of nitrogens with zero attached hydrogens (tertiary/aromatic N) is 2. The van der Waals surface area contributed by atoms with E-state index in [1.807, 2.05) is 91.0 Å². The van der Waals surface area contributed by atoms with Crippen LogP contribution in [-0.2, 0) is 4.74 Å². The van der Waals surface area contributed by atoms with Crippen molar-refractivity contribution in [3.05, 3.63) is 96.6 Å². The first-order valence-corrected chi connectivity index (χ1v) is 8.89. The molecule has 1 aliphatic rings. The first-order chi connectivity index (χ1) is 13.8. The van der Waals surface area contributed by atoms with E-state index < -0.39 is 6.10 Å². The molecule has 0 aliphatic carbocycles. The SMILES string of the molecule is N=C1O[C@H](c2ccccc2)C(=N/Nc2ccccc2)/C1=N\Nc1ccccc1. The second-order valence-electron chi connectivity index (χ2n) is 6.15. The van der Waals surface area contributed by atoms with Gasteiger partial charge < -0.3 is 4.74 Å². The number of hydrogen-bond acceptors (Lipinski definition) is 6. The van der Waals surface area contributed by atoms with Crippen LogP contribution in [0.5, 0.6) is 0 Å². The average Bonchev–Trinajstić information content (AvgIpc) is 3.08. The molecule has 138 valence electrons. The predicted molar refractivity (Wildman–Crippen MR) is 113 cm³/mol. The highest BCUT2D eigenvalue weighted by atomic mass is 16.5. The molecular weight excluding hydrogens is 350 g/mol. The molecule has 1 heterocycles. The van der Waals surface area contributed by atoms with E-state index in [9.17, 15) is 0 Å². The van der Waals surface area contributed by atoms with Crippen molar-refractivity contribution in [2.45, 2.75) is 6.10 Å². The average molecular weight is 369 g/mol. The molecule has 1 aliphatic heterocycles. The fourth-order valence-corrected chi connectivity index (χ4v) is 2.81. The van der Waals surface area contributed by atoms with E-state index in [0.717, 1.165) is 16.9 Å². The van der Waals surface area contributed by atoms with Crippen LogP contribution in [-0.4, -0.2) is 17.3 Å². The van der Waals surface area contributed by atoms with Crippen LogP contribution in [0, 0.1) is 5.41 Å². The molecule has 0 bridgehead atoms. The molecule has 3 aromatic rings. The smallest absolute Gasteiger partial charge is 0.237 e. The van der Waals surface area contributed by atoms with Crippen LogP contribution < -0.4 is 10.9 Å². The summed E-state index contributed by atoms with van der Waals surface area (Å²) in [5.74, 6) is -0.0223. The lowest BCUT2D eigenvalue weighted by Gasteiger charge is -2.10. The van der Waals surface area contributed by atoms with Crippen LogP contribution in [0.3, 0.4) is 0 Å². The largest absolute Gasteiger partial charge is 0.461 e. The summed E-state index contributed by atoms with van der Waals surface area (Å²) in [6, 6.07) is 28.9. The molecule has 0 unspecified atom stereocenters. The Kier molecular flexibility index (Phi) is 5.11. The van der Waals surface area contributed by atoms with E-state index in [1.54, 1.807) is 0 Å². The minimum Gasteiger partial charge on any atom is -0.461 e. The lowest BCUT2D eigenvalue weighted by atomic mass is 10.0. The van der Waals surface area contributed by atoms with Crippen LogP contribution in [0.1, 0.15) is 11.7 Å². The Morgan fingerprint density at radius 2 is 1.18 bits per heavy atom. The standard InChI is InChI=1S/C22H19N5O/c23-22-20(27-25-18-14-8-3-9-15-18)19(26-24-17-12-6-2-7-13-17)21(28-22)16-10-4-1-5-11-16/h1-15,21,23-25H/b23-22?,26-19+,27-20+/t21-/m1/s1. The summed E-state index contributed by atoms with van der Waals surface area (Å²) in [4.78, 5) is 0. The van der Waals surface area contributed by atoms with Gasteiger partial charge in [-0.1, -0.05) is 66.7 Å². The molecule has 0 saturated carbocycles. The number of anilines is 2. The number of hydrazone groups is 2. The third kappa shape index (κ3) is 3.91. The normalized spacial score (nSPS) is 18.9. The van der Waals surface area contributed by atoms with Gasteiger partial charge in [-0.25, -0.2) is 0 Å². The maximum Gasteiger partial charge on any atom is 0.237 e. The van der Waals surface area contributed by atoms with Crippen molar-refractivity contribution < 1.29 is 4.74 Å². The molecule has 6 nitrogen and oxygen atoms in total. The van der Waals surface area contributed by atoms with Gasteiger partial charge in [-0.15, -0.1) is 0 Å². The quantitative estimate of drug-likeness (QED) is 0.572. The van der Waals surface area contributed by atoms with Crippen LogP contribution in [0.15, 0.2) is 101 Å². The van der Waals surface area contributed by atoms with E-state index in [0.29, 0.717) is 11.4 Å². The zero-order chi connectivity index (χ0) is 19.2. The molecule has 1 atom stereocenters. The minimum absolute atomic E-state index is 0.0223. The molecule has 28 heavy (non-hydrogen) atoms. The van der Waals surface area contributed by atoms with Gasteiger partial charge in [0.25, 0.3) is 0 Å². The van der Waals surface area contributed by atoms with Gasteiger partial charge in [0, 0.05) is 0 Å². The summed E-state index contributed by atoms with van der Waals surface area (Å²) < 4.78 is 5.79. The molecule has 0 amide bonds. The zero-order valence-electron chi connectivity index (χ0n) is 15.0. The van der Waals surface area contributed by atoms with Crippen molar-refractivity contribution in [1.82, 2.24) is 0 Å². The van der Waals surface area contributed by atoms with Gasteiger partial charge in [0.2, 0.25) is 5.90 Å². The third-order valence-corrected chi connectivity index (χ3v) is 4.19. The lowest BCUT2D eigenvalue weighted by molar-refractivity contribution is 0.275. The summed E-state index contributed by atoms with van der Waals surface area (Å²) in [6.45, 7) is 0. The molecule has 0 spiro atoms. The van der Waals surface area contributed by atoms with Gasteiger partial charge in [-0.2, -0.15) is 10.2 Å². The molecule has 3 aromatic carbocycles. The molecule has 6 heteroatoms. The summed E-state index contributed by atoms with van der Waals surface area (Å²) >= 11 is 0. The number of para-hydroxylation sites is 2. The van der Waals surface area contributed by atoms with Crippen molar-refractivity contribution in [2.75, 3.05) is 10.9 Å². The van der Waals surface area contributed by atoms with Crippen LogP contribution in [0.2, 0.25) is 0 Å². The van der Waals surface area contributed by atoms with Crippen molar-refractivity contribution in [3.63, 3.8) is 0 Å². The summed E-state index contributed by atoms with van der Waals surface area (Å²) in [5, 5.41) is 17.2. The molecule has 3 N–H and O–H groups in total. The zero-order valence-corrected chi connectivity index (χ0v) is 15.0. The molecular formula is C22H19N5O. The summed E-state index contributed by atoms with van der Waals surface area (Å²) in [6.07, 6.45) is -0.499. The van der Waals surface area contributed by atoms with Crippen LogP contribution in [0.25, 0.3) is 0 Å². The molecule has 0 aromatic heterocycles. The van der Waals surface area contributed by atoms with E-state index in [1.165, 1.54) is 0 Å². The number of hydrogen-bond donors (Lipinski definition) is 3. The molecule has 0 radical (unpaired) electrons. The Bertz CT molecular complexity index is 1000. The third-order valence-electron chi connectivity index (χ3n) is 4.19. The number of ether oxygens (including phenoxy) is 1. The molecule has 1 fully saturated rings. The van der Waals surface area contributed by atoms with Gasteiger partial charge in [0.15, 0.2) is 11.8 Å². The maximum atomic E-state index is 8.26. The van der Waals surface area contributed by atoms with Crippen molar-refractivity contribution in [1.29, 1.82) is 5.41 Å². The fraction of sp³-hybridized carbons (Fsp3) is 0.0455. The number of benzene rings is 3. The van der Waals surface area contributed by atoms with Gasteiger partial charge in [-0.05, 0) is 29.8 Å². The highest BCUT2D eigenvalue weighted by Gasteiger charge is 2.37. The predicted octanol–water partition coefficient (Wildman–Crippen LogP) is 4.67. The maximum absolute atomic E-state index is 8.26. The van der Waals surface area contributed by atoms with E-state index in [4.69, 9.17) is 10.1 Å². The topological polar surface area (TPSA) is 81.9 Å². The Labute approximate surface area is 163 Å². The summed E-state index contributed by atoms with van der Waals surface area (Å²) in [7, 11) is 0. The van der Waals surface area contributed by atoms with E-state index >= 15 is 0 Å². The van der Waals surface area contributed by atoms with Crippen LogP contribution >= 0.6 is 0 Å². The van der Waals surface area contributed by atoms with Gasteiger partial charge in [-0.3, -0.25) is 16.3 Å². The highest BCUT2D eigenvalue weighted by Crippen LogP contribution is 2.27. The van der Waals surface area contributed by atoms with E-state index in [-0.39, 0.29) is 5.90 Å². The van der Waals surface area contributed by atoms with E-state index in [2.05, 4.69) is 21.1 Å². The van der Waals surface area contributed by atoms with Gasteiger partial charge >= 0.3 is 0 Å². The van der Waals surface area contributed by atoms with Gasteiger partial charge in [0.05, 0.1) is 11.4 Å². The monoisotopic (exact) mass is 369 g/mol. The first kappa shape index (κ1) is 17.5. The second kappa shape index (κ2) is 8.18. The first-order valence-electron chi connectivity index (χ1n) is 8.89. The van der Waals surface area contributed by atoms with Crippen LogP contribution in [0.4, 0.5) is 11.4 Å². The molecule has 4 rings (SSSR count). The highest BCUT2D eigenvalue weighted by molar-refractivity contribution is 6.69. The Morgan fingerprint density at radius 3 is 1.75 bits per heavy atom.